The van der Waals surface area contributed by atoms with E-state index in [4.69, 9.17) is 4.74 Å². The summed E-state index contributed by atoms with van der Waals surface area (Å²) in [6.45, 7) is 1.58. The molecule has 0 aliphatic carbocycles. The van der Waals surface area contributed by atoms with Crippen LogP contribution in [0.4, 0.5) is 11.4 Å². The van der Waals surface area contributed by atoms with E-state index in [1.807, 2.05) is 19.2 Å². The van der Waals surface area contributed by atoms with Gasteiger partial charge >= 0.3 is 5.69 Å². The first-order valence-electron chi connectivity index (χ1n) is 5.66. The van der Waals surface area contributed by atoms with Gasteiger partial charge in [-0.05, 0) is 31.2 Å². The molecule has 0 radical (unpaired) electrons. The van der Waals surface area contributed by atoms with Crippen LogP contribution in [0.5, 0.6) is 11.6 Å². The summed E-state index contributed by atoms with van der Waals surface area (Å²) in [6, 6.07) is 7.12. The second kappa shape index (κ2) is 4.97. The minimum Gasteiger partial charge on any atom is -0.434 e. The molecule has 0 spiro atoms. The summed E-state index contributed by atoms with van der Waals surface area (Å²) >= 11 is 0. The molecule has 1 aromatic carbocycles. The fraction of sp³-hybridized carbons (Fsp3) is 0.250. The predicted octanol–water partition coefficient (Wildman–Crippen LogP) is 2.47. The molecule has 0 atom stereocenters. The number of aryl methyl sites for hydroxylation is 2. The summed E-state index contributed by atoms with van der Waals surface area (Å²) in [5, 5.41) is 18.0. The molecule has 100 valence electrons. The average Bonchev–Trinajstić information content (AvgIpc) is 2.65. The maximum atomic E-state index is 11.0. The normalized spacial score (nSPS) is 10.3. The van der Waals surface area contributed by atoms with Gasteiger partial charge in [0.1, 0.15) is 11.4 Å². The molecular weight excluding hydrogens is 248 g/mol. The maximum absolute atomic E-state index is 11.0. The van der Waals surface area contributed by atoms with E-state index in [0.717, 1.165) is 5.69 Å². The molecule has 1 N–H and O–H groups in total. The van der Waals surface area contributed by atoms with Crippen molar-refractivity contribution in [3.8, 4) is 11.6 Å². The molecule has 0 unspecified atom stereocenters. The zero-order valence-corrected chi connectivity index (χ0v) is 10.9. The van der Waals surface area contributed by atoms with Gasteiger partial charge in [-0.3, -0.25) is 10.1 Å². The Morgan fingerprint density at radius 2 is 2.00 bits per heavy atom. The van der Waals surface area contributed by atoms with Crippen molar-refractivity contribution in [2.24, 2.45) is 7.05 Å². The molecule has 2 aromatic rings. The van der Waals surface area contributed by atoms with Gasteiger partial charge in [0.15, 0.2) is 0 Å². The quantitative estimate of drug-likeness (QED) is 0.676. The van der Waals surface area contributed by atoms with Crippen LogP contribution in [-0.2, 0) is 7.05 Å². The van der Waals surface area contributed by atoms with Crippen LogP contribution < -0.4 is 10.1 Å². The molecule has 7 nitrogen and oxygen atoms in total. The minimum atomic E-state index is -0.486. The molecule has 0 aliphatic rings. The van der Waals surface area contributed by atoms with Gasteiger partial charge in [-0.25, -0.2) is 4.68 Å². The molecule has 0 amide bonds. The Hall–Kier alpha value is -2.57. The summed E-state index contributed by atoms with van der Waals surface area (Å²) in [6.07, 6.45) is 0. The van der Waals surface area contributed by atoms with Gasteiger partial charge in [0.05, 0.1) is 4.92 Å². The summed E-state index contributed by atoms with van der Waals surface area (Å²) in [4.78, 5) is 10.5. The lowest BCUT2D eigenvalue weighted by atomic mass is 10.3. The largest absolute Gasteiger partial charge is 0.434 e. The van der Waals surface area contributed by atoms with E-state index < -0.39 is 4.92 Å². The van der Waals surface area contributed by atoms with E-state index >= 15 is 0 Å². The number of aromatic nitrogens is 2. The fourth-order valence-electron chi connectivity index (χ4n) is 1.75. The van der Waals surface area contributed by atoms with Crippen molar-refractivity contribution >= 4 is 11.4 Å². The van der Waals surface area contributed by atoms with Crippen LogP contribution in [0.3, 0.4) is 0 Å². The number of benzene rings is 1. The number of nitrogens with one attached hydrogen (secondary N) is 1. The predicted molar refractivity (Wildman–Crippen MR) is 70.7 cm³/mol. The highest BCUT2D eigenvalue weighted by Crippen LogP contribution is 2.33. The number of nitrogens with zero attached hydrogens (tertiary/aromatic N) is 3. The average molecular weight is 262 g/mol. The van der Waals surface area contributed by atoms with Gasteiger partial charge in [-0.1, -0.05) is 0 Å². The highest BCUT2D eigenvalue weighted by Gasteiger charge is 2.26. The zero-order valence-electron chi connectivity index (χ0n) is 10.9. The molecule has 1 aromatic heterocycles. The van der Waals surface area contributed by atoms with E-state index in [-0.39, 0.29) is 11.6 Å². The van der Waals surface area contributed by atoms with Crippen LogP contribution >= 0.6 is 0 Å². The first-order chi connectivity index (χ1) is 9.02. The van der Waals surface area contributed by atoms with Crippen molar-refractivity contribution in [3.05, 3.63) is 40.1 Å². The minimum absolute atomic E-state index is 0.111. The van der Waals surface area contributed by atoms with Crippen LogP contribution in [0.15, 0.2) is 24.3 Å². The third-order valence-corrected chi connectivity index (χ3v) is 2.68. The second-order valence-corrected chi connectivity index (χ2v) is 4.00. The molecule has 0 aliphatic heterocycles. The lowest BCUT2D eigenvalue weighted by Gasteiger charge is -2.06. The van der Waals surface area contributed by atoms with Crippen LogP contribution in [0, 0.1) is 17.0 Å². The first-order valence-corrected chi connectivity index (χ1v) is 5.66. The van der Waals surface area contributed by atoms with E-state index in [1.165, 1.54) is 4.68 Å². The Bertz CT molecular complexity index is 604. The molecule has 0 bridgehead atoms. The van der Waals surface area contributed by atoms with Crippen molar-refractivity contribution in [2.45, 2.75) is 6.92 Å². The molecule has 0 saturated heterocycles. The molecule has 0 saturated carbocycles. The van der Waals surface area contributed by atoms with E-state index in [0.29, 0.717) is 11.4 Å². The van der Waals surface area contributed by atoms with E-state index in [2.05, 4.69) is 10.4 Å². The number of hydrogen-bond acceptors (Lipinski definition) is 5. The van der Waals surface area contributed by atoms with Crippen LogP contribution in [0.25, 0.3) is 0 Å². The van der Waals surface area contributed by atoms with Gasteiger partial charge in [-0.15, -0.1) is 0 Å². The standard InChI is InChI=1S/C12H14N4O3/c1-8-11(16(17)18)12(15(3)14-8)19-10-6-4-9(13-2)5-7-10/h4-7,13H,1-3H3. The van der Waals surface area contributed by atoms with Gasteiger partial charge in [0.25, 0.3) is 5.88 Å². The zero-order chi connectivity index (χ0) is 14.0. The lowest BCUT2D eigenvalue weighted by Crippen LogP contribution is -1.97. The topological polar surface area (TPSA) is 82.2 Å². The number of rotatable bonds is 4. The van der Waals surface area contributed by atoms with Gasteiger partial charge in [-0.2, -0.15) is 5.10 Å². The second-order valence-electron chi connectivity index (χ2n) is 4.00. The van der Waals surface area contributed by atoms with Crippen molar-refractivity contribution in [1.29, 1.82) is 0 Å². The van der Waals surface area contributed by atoms with Gasteiger partial charge in [0, 0.05) is 19.8 Å². The highest BCUT2D eigenvalue weighted by molar-refractivity contribution is 5.50. The Kier molecular flexibility index (Phi) is 3.37. The summed E-state index contributed by atoms with van der Waals surface area (Å²) in [5.41, 5.74) is 1.15. The third kappa shape index (κ3) is 2.49. The number of nitro groups is 1. The van der Waals surface area contributed by atoms with Crippen molar-refractivity contribution in [1.82, 2.24) is 9.78 Å². The van der Waals surface area contributed by atoms with Crippen LogP contribution in [-0.4, -0.2) is 21.8 Å². The van der Waals surface area contributed by atoms with Crippen molar-refractivity contribution in [3.63, 3.8) is 0 Å². The monoisotopic (exact) mass is 262 g/mol. The van der Waals surface area contributed by atoms with E-state index in [9.17, 15) is 10.1 Å². The van der Waals surface area contributed by atoms with Gasteiger partial charge in [0.2, 0.25) is 0 Å². The lowest BCUT2D eigenvalue weighted by molar-refractivity contribution is -0.386. The Morgan fingerprint density at radius 3 is 2.53 bits per heavy atom. The van der Waals surface area contributed by atoms with Crippen LogP contribution in [0.1, 0.15) is 5.69 Å². The summed E-state index contributed by atoms with van der Waals surface area (Å²) < 4.78 is 6.91. The highest BCUT2D eigenvalue weighted by atomic mass is 16.6. The summed E-state index contributed by atoms with van der Waals surface area (Å²) in [5.74, 6) is 0.643. The molecule has 7 heteroatoms. The summed E-state index contributed by atoms with van der Waals surface area (Å²) in [7, 11) is 3.42. The molecule has 2 rings (SSSR count). The van der Waals surface area contributed by atoms with Crippen LogP contribution in [0.2, 0.25) is 0 Å². The van der Waals surface area contributed by atoms with Gasteiger partial charge < -0.3 is 10.1 Å². The number of hydrogen-bond donors (Lipinski definition) is 1. The molecule has 19 heavy (non-hydrogen) atoms. The SMILES string of the molecule is CNc1ccc(Oc2c([N+](=O)[O-])c(C)nn2C)cc1. The van der Waals surface area contributed by atoms with Crippen molar-refractivity contribution in [2.75, 3.05) is 12.4 Å². The molecule has 0 fully saturated rings. The molecule has 1 heterocycles. The number of ether oxygens (including phenoxy) is 1. The Labute approximate surface area is 110 Å². The third-order valence-electron chi connectivity index (χ3n) is 2.68. The van der Waals surface area contributed by atoms with Crippen molar-refractivity contribution < 1.29 is 9.66 Å². The Balaban J connectivity index is 2.34. The molecular formula is C12H14N4O3. The smallest absolute Gasteiger partial charge is 0.353 e. The number of anilines is 1. The van der Waals surface area contributed by atoms with E-state index in [1.54, 1.807) is 26.1 Å². The fourth-order valence-corrected chi connectivity index (χ4v) is 1.75. The first kappa shape index (κ1) is 12.9. The maximum Gasteiger partial charge on any atom is 0.353 e. The Morgan fingerprint density at radius 1 is 1.37 bits per heavy atom.